The third-order valence-corrected chi connectivity index (χ3v) is 7.72. The van der Waals surface area contributed by atoms with Crippen molar-refractivity contribution >= 4 is 44.1 Å². The van der Waals surface area contributed by atoms with Crippen molar-refractivity contribution in [3.8, 4) is 23.0 Å². The second-order valence-electron chi connectivity index (χ2n) is 9.03. The fourth-order valence-corrected chi connectivity index (χ4v) is 5.80. The van der Waals surface area contributed by atoms with E-state index < -0.39 is 17.7 Å². The van der Waals surface area contributed by atoms with E-state index >= 15 is 0 Å². The number of hydrogen-bond donors (Lipinski definition) is 1. The van der Waals surface area contributed by atoms with Crippen LogP contribution in [0.5, 0.6) is 23.0 Å². The summed E-state index contributed by atoms with van der Waals surface area (Å²) in [6.45, 7) is 4.12. The molecule has 1 aliphatic rings. The lowest BCUT2D eigenvalue weighted by Gasteiger charge is -2.24. The Morgan fingerprint density at radius 3 is 2.38 bits per heavy atom. The number of nitrogens with zero attached hydrogens (tertiary/aromatic N) is 2. The van der Waals surface area contributed by atoms with Crippen molar-refractivity contribution in [2.45, 2.75) is 19.9 Å². The summed E-state index contributed by atoms with van der Waals surface area (Å²) in [5.41, 5.74) is 2.28. The molecule has 1 unspecified atom stereocenters. The van der Waals surface area contributed by atoms with Crippen molar-refractivity contribution in [3.63, 3.8) is 0 Å². The molecule has 1 saturated heterocycles. The average molecular weight is 561 g/mol. The Kier molecular flexibility index (Phi) is 7.36. The van der Waals surface area contributed by atoms with E-state index in [9.17, 15) is 14.7 Å². The molecule has 5 rings (SSSR count). The zero-order chi connectivity index (χ0) is 28.6. The summed E-state index contributed by atoms with van der Waals surface area (Å²) >= 11 is 1.25. The van der Waals surface area contributed by atoms with Crippen LogP contribution >= 0.6 is 11.3 Å². The number of aliphatic hydroxyl groups is 1. The molecule has 0 bridgehead atoms. The topological polar surface area (TPSA) is 107 Å². The maximum absolute atomic E-state index is 13.6. The van der Waals surface area contributed by atoms with Gasteiger partial charge in [-0.1, -0.05) is 17.4 Å². The average Bonchev–Trinajstić information content (AvgIpc) is 3.50. The Morgan fingerprint density at radius 2 is 1.70 bits per heavy atom. The molecular weight excluding hydrogens is 532 g/mol. The van der Waals surface area contributed by atoms with E-state index in [-0.39, 0.29) is 11.3 Å². The molecule has 4 aromatic rings. The molecule has 2 heterocycles. The summed E-state index contributed by atoms with van der Waals surface area (Å²) in [7, 11) is 4.64. The highest BCUT2D eigenvalue weighted by atomic mass is 32.1. The number of ether oxygens (including phenoxy) is 4. The van der Waals surface area contributed by atoms with Gasteiger partial charge in [0.25, 0.3) is 5.78 Å². The lowest BCUT2D eigenvalue weighted by molar-refractivity contribution is -0.132. The molecule has 1 amide bonds. The van der Waals surface area contributed by atoms with Crippen LogP contribution < -0.4 is 23.8 Å². The van der Waals surface area contributed by atoms with Crippen LogP contribution in [-0.2, 0) is 9.59 Å². The van der Waals surface area contributed by atoms with Crippen molar-refractivity contribution in [2.24, 2.45) is 0 Å². The van der Waals surface area contributed by atoms with Gasteiger partial charge in [-0.3, -0.25) is 14.5 Å². The Bertz CT molecular complexity index is 1660. The predicted octanol–water partition coefficient (Wildman–Crippen LogP) is 5.66. The summed E-state index contributed by atoms with van der Waals surface area (Å²) in [4.78, 5) is 33.2. The van der Waals surface area contributed by atoms with Crippen LogP contribution in [0.3, 0.4) is 0 Å². The number of fused-ring (bicyclic) bond motifs is 1. The van der Waals surface area contributed by atoms with Gasteiger partial charge in [0.15, 0.2) is 16.6 Å². The first-order chi connectivity index (χ1) is 19.3. The molecular formula is C30H28N2O7S. The van der Waals surface area contributed by atoms with Crippen LogP contribution in [-0.4, -0.2) is 49.7 Å². The Labute approximate surface area is 235 Å². The van der Waals surface area contributed by atoms with Crippen molar-refractivity contribution in [1.29, 1.82) is 0 Å². The Hall–Kier alpha value is -4.57. The van der Waals surface area contributed by atoms with Crippen LogP contribution in [0.15, 0.2) is 60.2 Å². The number of aryl methyl sites for hydroxylation is 1. The number of benzene rings is 3. The number of rotatable bonds is 8. The first-order valence-corrected chi connectivity index (χ1v) is 13.3. The van der Waals surface area contributed by atoms with E-state index in [0.29, 0.717) is 51.4 Å². The number of amides is 1. The Morgan fingerprint density at radius 1 is 0.950 bits per heavy atom. The van der Waals surface area contributed by atoms with Crippen LogP contribution in [0.2, 0.25) is 0 Å². The minimum atomic E-state index is -0.977. The number of carbonyl (C=O) groups excluding carboxylic acids is 2. The summed E-state index contributed by atoms with van der Waals surface area (Å²) in [5, 5.41) is 11.8. The molecule has 1 aliphatic heterocycles. The van der Waals surface area contributed by atoms with Gasteiger partial charge in [-0.05, 0) is 73.5 Å². The number of aromatic nitrogens is 1. The monoisotopic (exact) mass is 560 g/mol. The molecule has 1 aromatic heterocycles. The first kappa shape index (κ1) is 27.0. The van der Waals surface area contributed by atoms with Crippen LogP contribution in [0.25, 0.3) is 16.0 Å². The number of Topliss-reactive ketones (excluding diaryl/α,β-unsaturated/α-hetero) is 1. The highest BCUT2D eigenvalue weighted by Gasteiger charge is 2.48. The highest BCUT2D eigenvalue weighted by Crippen LogP contribution is 2.46. The van der Waals surface area contributed by atoms with E-state index in [2.05, 4.69) is 4.98 Å². The van der Waals surface area contributed by atoms with Gasteiger partial charge in [0.1, 0.15) is 17.3 Å². The number of ketones is 1. The summed E-state index contributed by atoms with van der Waals surface area (Å²) in [5.74, 6) is 0.313. The van der Waals surface area contributed by atoms with E-state index in [4.69, 9.17) is 18.9 Å². The SMILES string of the molecule is CCOc1ccc(C2/C(=C(\O)c3ccc(OC)c(C)c3)C(=O)C(=O)N2c2nc3ccc(OC)cc3s2)cc1OC. The fraction of sp³-hybridized carbons (Fsp3) is 0.233. The molecule has 0 spiro atoms. The van der Waals surface area contributed by atoms with E-state index in [1.807, 2.05) is 19.9 Å². The van der Waals surface area contributed by atoms with Crippen molar-refractivity contribution < 1.29 is 33.6 Å². The third kappa shape index (κ3) is 4.60. The summed E-state index contributed by atoms with van der Waals surface area (Å²) in [6.07, 6.45) is 0. The third-order valence-electron chi connectivity index (χ3n) is 6.71. The standard InChI is InChI=1S/C30H28N2O7S/c1-6-39-22-12-7-17(14-23(22)38-5)26-25(27(33)18-8-11-21(37-4)16(2)13-18)28(34)29(35)32(26)30-31-20-10-9-19(36-3)15-24(20)40-30/h7-15,26,33H,6H2,1-5H3/b27-25+. The molecule has 0 aliphatic carbocycles. The van der Waals surface area contributed by atoms with Gasteiger partial charge < -0.3 is 24.1 Å². The molecule has 1 atom stereocenters. The first-order valence-electron chi connectivity index (χ1n) is 12.5. The largest absolute Gasteiger partial charge is 0.507 e. The number of hydrogen-bond acceptors (Lipinski definition) is 9. The lowest BCUT2D eigenvalue weighted by atomic mass is 9.94. The van der Waals surface area contributed by atoms with Gasteiger partial charge in [-0.15, -0.1) is 0 Å². The summed E-state index contributed by atoms with van der Waals surface area (Å²) < 4.78 is 22.7. The number of anilines is 1. The molecule has 40 heavy (non-hydrogen) atoms. The molecule has 0 radical (unpaired) electrons. The molecule has 9 nitrogen and oxygen atoms in total. The normalized spacial score (nSPS) is 16.4. The minimum absolute atomic E-state index is 0.0578. The second kappa shape index (κ2) is 10.9. The van der Waals surface area contributed by atoms with Crippen molar-refractivity contribution in [1.82, 2.24) is 4.98 Å². The summed E-state index contributed by atoms with van der Waals surface area (Å²) in [6, 6.07) is 14.7. The molecule has 1 fully saturated rings. The molecule has 3 aromatic carbocycles. The quantitative estimate of drug-likeness (QED) is 0.167. The zero-order valence-electron chi connectivity index (χ0n) is 22.7. The van der Waals surface area contributed by atoms with E-state index in [0.717, 1.165) is 10.3 Å². The number of methoxy groups -OCH3 is 3. The smallest absolute Gasteiger partial charge is 0.301 e. The van der Waals surface area contributed by atoms with Gasteiger partial charge in [0.2, 0.25) is 0 Å². The second-order valence-corrected chi connectivity index (χ2v) is 10.0. The zero-order valence-corrected chi connectivity index (χ0v) is 23.5. The van der Waals surface area contributed by atoms with Gasteiger partial charge in [-0.2, -0.15) is 0 Å². The van der Waals surface area contributed by atoms with Gasteiger partial charge >= 0.3 is 5.91 Å². The van der Waals surface area contributed by atoms with Gasteiger partial charge in [-0.25, -0.2) is 4.98 Å². The van der Waals surface area contributed by atoms with Crippen molar-refractivity contribution in [3.05, 3.63) is 76.9 Å². The molecule has 1 N–H and O–H groups in total. The van der Waals surface area contributed by atoms with Gasteiger partial charge in [0, 0.05) is 5.56 Å². The molecule has 206 valence electrons. The van der Waals surface area contributed by atoms with E-state index in [1.165, 1.54) is 23.3 Å². The van der Waals surface area contributed by atoms with Crippen LogP contribution in [0, 0.1) is 6.92 Å². The maximum atomic E-state index is 13.6. The minimum Gasteiger partial charge on any atom is -0.507 e. The lowest BCUT2D eigenvalue weighted by Crippen LogP contribution is -2.29. The number of carbonyl (C=O) groups is 2. The van der Waals surface area contributed by atoms with Crippen LogP contribution in [0.4, 0.5) is 5.13 Å². The maximum Gasteiger partial charge on any atom is 0.301 e. The highest BCUT2D eigenvalue weighted by molar-refractivity contribution is 7.22. The van der Waals surface area contributed by atoms with E-state index in [1.54, 1.807) is 62.8 Å². The molecule has 10 heteroatoms. The predicted molar refractivity (Wildman–Crippen MR) is 153 cm³/mol. The fourth-order valence-electron chi connectivity index (χ4n) is 4.78. The molecule has 0 saturated carbocycles. The number of aliphatic hydroxyl groups excluding tert-OH is 1. The Balaban J connectivity index is 1.73. The number of thiazole rings is 1. The van der Waals surface area contributed by atoms with Gasteiger partial charge in [0.05, 0.1) is 49.8 Å². The van der Waals surface area contributed by atoms with Crippen LogP contribution in [0.1, 0.15) is 29.7 Å². The van der Waals surface area contributed by atoms with Crippen molar-refractivity contribution in [2.75, 3.05) is 32.8 Å².